The lowest BCUT2D eigenvalue weighted by molar-refractivity contribution is -0.132. The Balaban J connectivity index is 1.58. The minimum atomic E-state index is -1.19. The van der Waals surface area contributed by atoms with Crippen LogP contribution >= 0.6 is 0 Å². The zero-order valence-electron chi connectivity index (χ0n) is 14.4. The van der Waals surface area contributed by atoms with Crippen molar-refractivity contribution >= 4 is 0 Å². The standard InChI is InChI=1S/C21H24O5/c22-18-11-17(14-25-12-15-7-3-1-4-8-15)19(23)21(20(18)24)26-13-16-9-5-2-6-10-16/h1-11,18-24H,12-14H2/t18-,19-,20+,21+/m0/s1. The quantitative estimate of drug-likeness (QED) is 0.660. The number of hydrogen-bond donors (Lipinski definition) is 3. The Morgan fingerprint density at radius 2 is 1.31 bits per heavy atom. The molecule has 0 amide bonds. The molecule has 138 valence electrons. The Morgan fingerprint density at radius 1 is 0.731 bits per heavy atom. The monoisotopic (exact) mass is 356 g/mol. The van der Waals surface area contributed by atoms with Crippen molar-refractivity contribution in [3.05, 3.63) is 83.4 Å². The molecule has 0 saturated heterocycles. The summed E-state index contributed by atoms with van der Waals surface area (Å²) in [6.07, 6.45) is -2.79. The van der Waals surface area contributed by atoms with Gasteiger partial charge < -0.3 is 24.8 Å². The van der Waals surface area contributed by atoms with Gasteiger partial charge in [0.05, 0.1) is 19.8 Å². The van der Waals surface area contributed by atoms with Crippen molar-refractivity contribution in [1.29, 1.82) is 0 Å². The van der Waals surface area contributed by atoms with Crippen molar-refractivity contribution in [2.24, 2.45) is 0 Å². The number of aliphatic hydroxyl groups is 3. The van der Waals surface area contributed by atoms with Crippen LogP contribution in [0, 0.1) is 0 Å². The molecular weight excluding hydrogens is 332 g/mol. The van der Waals surface area contributed by atoms with Gasteiger partial charge in [-0.05, 0) is 22.8 Å². The highest BCUT2D eigenvalue weighted by molar-refractivity contribution is 5.21. The molecule has 3 rings (SSSR count). The van der Waals surface area contributed by atoms with E-state index in [0.29, 0.717) is 12.2 Å². The predicted octanol–water partition coefficient (Wildman–Crippen LogP) is 1.81. The Labute approximate surface area is 153 Å². The maximum absolute atomic E-state index is 10.5. The van der Waals surface area contributed by atoms with Crippen LogP contribution in [0.3, 0.4) is 0 Å². The highest BCUT2D eigenvalue weighted by atomic mass is 16.5. The predicted molar refractivity (Wildman–Crippen MR) is 97.2 cm³/mol. The van der Waals surface area contributed by atoms with Crippen LogP contribution in [0.15, 0.2) is 72.3 Å². The summed E-state index contributed by atoms with van der Waals surface area (Å²) in [5.74, 6) is 0. The van der Waals surface area contributed by atoms with Crippen molar-refractivity contribution < 1.29 is 24.8 Å². The lowest BCUT2D eigenvalue weighted by Crippen LogP contribution is -2.50. The fourth-order valence-electron chi connectivity index (χ4n) is 2.96. The van der Waals surface area contributed by atoms with Gasteiger partial charge in [0, 0.05) is 0 Å². The zero-order chi connectivity index (χ0) is 18.4. The van der Waals surface area contributed by atoms with Gasteiger partial charge in [-0.15, -0.1) is 0 Å². The van der Waals surface area contributed by atoms with E-state index in [4.69, 9.17) is 9.47 Å². The lowest BCUT2D eigenvalue weighted by Gasteiger charge is -2.35. The van der Waals surface area contributed by atoms with Gasteiger partial charge >= 0.3 is 0 Å². The molecule has 5 nitrogen and oxygen atoms in total. The van der Waals surface area contributed by atoms with Crippen molar-refractivity contribution in [1.82, 2.24) is 0 Å². The zero-order valence-corrected chi connectivity index (χ0v) is 14.4. The van der Waals surface area contributed by atoms with E-state index in [0.717, 1.165) is 11.1 Å². The number of hydrogen-bond acceptors (Lipinski definition) is 5. The molecule has 0 aromatic heterocycles. The smallest absolute Gasteiger partial charge is 0.116 e. The lowest BCUT2D eigenvalue weighted by atomic mass is 9.89. The van der Waals surface area contributed by atoms with Crippen LogP contribution in [0.5, 0.6) is 0 Å². The highest BCUT2D eigenvalue weighted by Gasteiger charge is 2.38. The summed E-state index contributed by atoms with van der Waals surface area (Å²) in [5, 5.41) is 30.8. The van der Waals surface area contributed by atoms with E-state index in [9.17, 15) is 15.3 Å². The van der Waals surface area contributed by atoms with Gasteiger partial charge in [-0.25, -0.2) is 0 Å². The van der Waals surface area contributed by atoms with Crippen LogP contribution in [-0.4, -0.2) is 46.3 Å². The number of benzene rings is 2. The molecular formula is C21H24O5. The molecule has 5 heteroatoms. The molecule has 1 aliphatic rings. The first-order valence-electron chi connectivity index (χ1n) is 8.67. The second-order valence-corrected chi connectivity index (χ2v) is 6.41. The first kappa shape index (κ1) is 18.8. The molecule has 0 aliphatic heterocycles. The maximum atomic E-state index is 10.5. The first-order valence-corrected chi connectivity index (χ1v) is 8.67. The normalized spacial score (nSPS) is 25.7. The van der Waals surface area contributed by atoms with Crippen LogP contribution in [0.25, 0.3) is 0 Å². The molecule has 0 bridgehead atoms. The van der Waals surface area contributed by atoms with Crippen molar-refractivity contribution in [2.45, 2.75) is 37.6 Å². The van der Waals surface area contributed by atoms with E-state index in [1.807, 2.05) is 60.7 Å². The molecule has 4 atom stereocenters. The van der Waals surface area contributed by atoms with Crippen LogP contribution < -0.4 is 0 Å². The summed E-state index contributed by atoms with van der Waals surface area (Å²) < 4.78 is 11.4. The average Bonchev–Trinajstić information content (AvgIpc) is 2.67. The van der Waals surface area contributed by atoms with E-state index < -0.39 is 24.4 Å². The van der Waals surface area contributed by atoms with Gasteiger partial charge in [0.25, 0.3) is 0 Å². The molecule has 0 saturated carbocycles. The van der Waals surface area contributed by atoms with Gasteiger partial charge in [-0.1, -0.05) is 60.7 Å². The third-order valence-corrected chi connectivity index (χ3v) is 4.43. The summed E-state index contributed by atoms with van der Waals surface area (Å²) in [7, 11) is 0. The van der Waals surface area contributed by atoms with Crippen molar-refractivity contribution in [2.75, 3.05) is 6.61 Å². The minimum Gasteiger partial charge on any atom is -0.387 e. The molecule has 2 aromatic rings. The van der Waals surface area contributed by atoms with Gasteiger partial charge in [0.1, 0.15) is 24.4 Å². The highest BCUT2D eigenvalue weighted by Crippen LogP contribution is 2.24. The Hall–Kier alpha value is -2.02. The molecule has 0 fully saturated rings. The van der Waals surface area contributed by atoms with Crippen molar-refractivity contribution in [3.8, 4) is 0 Å². The molecule has 1 aliphatic carbocycles. The fourth-order valence-corrected chi connectivity index (χ4v) is 2.96. The summed E-state index contributed by atoms with van der Waals surface area (Å²) in [4.78, 5) is 0. The largest absolute Gasteiger partial charge is 0.387 e. The number of ether oxygens (including phenoxy) is 2. The van der Waals surface area contributed by atoms with Gasteiger partial charge in [0.2, 0.25) is 0 Å². The van der Waals surface area contributed by atoms with E-state index in [-0.39, 0.29) is 13.2 Å². The Bertz CT molecular complexity index is 701. The van der Waals surface area contributed by atoms with Crippen LogP contribution in [0.4, 0.5) is 0 Å². The molecule has 3 N–H and O–H groups in total. The Morgan fingerprint density at radius 3 is 1.92 bits per heavy atom. The average molecular weight is 356 g/mol. The topological polar surface area (TPSA) is 79.2 Å². The minimum absolute atomic E-state index is 0.158. The van der Waals surface area contributed by atoms with Gasteiger partial charge in [-0.3, -0.25) is 0 Å². The van der Waals surface area contributed by atoms with Crippen LogP contribution in [0.1, 0.15) is 11.1 Å². The van der Waals surface area contributed by atoms with Crippen LogP contribution in [-0.2, 0) is 22.7 Å². The summed E-state index contributed by atoms with van der Waals surface area (Å²) in [6.45, 7) is 0.800. The third kappa shape index (κ3) is 4.78. The number of aliphatic hydroxyl groups excluding tert-OH is 3. The maximum Gasteiger partial charge on any atom is 0.116 e. The first-order chi connectivity index (χ1) is 12.6. The summed E-state index contributed by atoms with van der Waals surface area (Å²) in [6, 6.07) is 19.2. The molecule has 26 heavy (non-hydrogen) atoms. The SMILES string of the molecule is O[C@H]1[C@H](OCc2ccccc2)[C@@H](O)C(COCc2ccccc2)=C[C@@H]1O. The Kier molecular flexibility index (Phi) is 6.55. The second kappa shape index (κ2) is 9.07. The third-order valence-electron chi connectivity index (χ3n) is 4.43. The molecule has 2 aromatic carbocycles. The summed E-state index contributed by atoms with van der Waals surface area (Å²) >= 11 is 0. The van der Waals surface area contributed by atoms with E-state index in [1.54, 1.807) is 0 Å². The van der Waals surface area contributed by atoms with E-state index >= 15 is 0 Å². The van der Waals surface area contributed by atoms with E-state index in [1.165, 1.54) is 6.08 Å². The number of rotatable bonds is 7. The molecule has 0 spiro atoms. The van der Waals surface area contributed by atoms with Gasteiger partial charge in [0.15, 0.2) is 0 Å². The second-order valence-electron chi connectivity index (χ2n) is 6.41. The van der Waals surface area contributed by atoms with Crippen molar-refractivity contribution in [3.63, 3.8) is 0 Å². The molecule has 0 unspecified atom stereocenters. The van der Waals surface area contributed by atoms with Crippen LogP contribution in [0.2, 0.25) is 0 Å². The fraction of sp³-hybridized carbons (Fsp3) is 0.333. The van der Waals surface area contributed by atoms with Gasteiger partial charge in [-0.2, -0.15) is 0 Å². The molecule has 0 heterocycles. The molecule has 0 radical (unpaired) electrons. The van der Waals surface area contributed by atoms with E-state index in [2.05, 4.69) is 0 Å². The summed E-state index contributed by atoms with van der Waals surface area (Å²) in [5.41, 5.74) is 2.46.